The van der Waals surface area contributed by atoms with Gasteiger partial charge in [0.1, 0.15) is 17.9 Å². The molecule has 0 saturated heterocycles. The van der Waals surface area contributed by atoms with E-state index in [2.05, 4.69) is 30.9 Å². The van der Waals surface area contributed by atoms with Crippen molar-refractivity contribution in [3.8, 4) is 0 Å². The predicted octanol–water partition coefficient (Wildman–Crippen LogP) is 2.48. The monoisotopic (exact) mass is 249 g/mol. The summed E-state index contributed by atoms with van der Waals surface area (Å²) in [4.78, 5) is 16.3. The molecule has 18 heavy (non-hydrogen) atoms. The molecular weight excluding hydrogens is 226 g/mol. The Morgan fingerprint density at radius 1 is 1.50 bits per heavy atom. The number of rotatable bonds is 4. The third-order valence-electron chi connectivity index (χ3n) is 4.17. The van der Waals surface area contributed by atoms with Gasteiger partial charge in [-0.3, -0.25) is 9.48 Å². The van der Waals surface area contributed by atoms with Gasteiger partial charge in [0, 0.05) is 25.3 Å². The zero-order valence-corrected chi connectivity index (χ0v) is 11.6. The van der Waals surface area contributed by atoms with Crippen molar-refractivity contribution < 1.29 is 4.79 Å². The van der Waals surface area contributed by atoms with Gasteiger partial charge in [0.05, 0.1) is 0 Å². The fourth-order valence-corrected chi connectivity index (χ4v) is 2.88. The number of carbonyl (C=O) groups is 1. The summed E-state index contributed by atoms with van der Waals surface area (Å²) in [6, 6.07) is 0. The molecule has 0 amide bonds. The van der Waals surface area contributed by atoms with E-state index in [-0.39, 0.29) is 5.92 Å². The minimum absolute atomic E-state index is 0.153. The van der Waals surface area contributed by atoms with Crippen molar-refractivity contribution in [2.75, 3.05) is 0 Å². The molecule has 0 aliphatic heterocycles. The van der Waals surface area contributed by atoms with Crippen molar-refractivity contribution in [2.24, 2.45) is 17.8 Å². The molecule has 2 rings (SSSR count). The Kier molecular flexibility index (Phi) is 4.15. The van der Waals surface area contributed by atoms with E-state index in [1.165, 1.54) is 0 Å². The van der Waals surface area contributed by atoms with Crippen LogP contribution in [0, 0.1) is 17.8 Å². The maximum atomic E-state index is 12.0. The van der Waals surface area contributed by atoms with Gasteiger partial charge in [-0.1, -0.05) is 13.8 Å². The molecule has 1 aliphatic rings. The van der Waals surface area contributed by atoms with Gasteiger partial charge < -0.3 is 0 Å². The number of hydrogen-bond acceptors (Lipinski definition) is 3. The van der Waals surface area contributed by atoms with Gasteiger partial charge in [-0.05, 0) is 31.6 Å². The van der Waals surface area contributed by atoms with Crippen LogP contribution in [0.4, 0.5) is 0 Å². The molecule has 2 unspecified atom stereocenters. The third-order valence-corrected chi connectivity index (χ3v) is 4.17. The lowest BCUT2D eigenvalue weighted by Gasteiger charge is -2.30. The molecule has 4 nitrogen and oxygen atoms in total. The third kappa shape index (κ3) is 2.79. The maximum absolute atomic E-state index is 12.0. The molecule has 2 atom stereocenters. The first-order valence-corrected chi connectivity index (χ1v) is 7.01. The average molecular weight is 249 g/mol. The summed E-state index contributed by atoms with van der Waals surface area (Å²) in [7, 11) is 0. The van der Waals surface area contributed by atoms with E-state index in [0.717, 1.165) is 38.1 Å². The predicted molar refractivity (Wildman–Crippen MR) is 70.1 cm³/mol. The lowest BCUT2D eigenvalue weighted by Crippen LogP contribution is -2.29. The van der Waals surface area contributed by atoms with Crippen molar-refractivity contribution in [2.45, 2.75) is 53.0 Å². The van der Waals surface area contributed by atoms with Crippen LogP contribution in [0.25, 0.3) is 0 Å². The van der Waals surface area contributed by atoms with Crippen LogP contribution >= 0.6 is 0 Å². The Hall–Kier alpha value is -1.19. The number of hydrogen-bond donors (Lipinski definition) is 0. The molecular formula is C14H23N3O. The first-order chi connectivity index (χ1) is 8.61. The molecule has 0 radical (unpaired) electrons. The number of carbonyl (C=O) groups excluding carboxylic acids is 1. The van der Waals surface area contributed by atoms with E-state index in [1.54, 1.807) is 6.33 Å². The van der Waals surface area contributed by atoms with Crippen LogP contribution in [0.3, 0.4) is 0 Å². The second kappa shape index (κ2) is 5.63. The Balaban J connectivity index is 2.05. The maximum Gasteiger partial charge on any atom is 0.138 e. The van der Waals surface area contributed by atoms with Crippen LogP contribution < -0.4 is 0 Å². The molecule has 0 spiro atoms. The summed E-state index contributed by atoms with van der Waals surface area (Å²) in [5, 5.41) is 4.17. The summed E-state index contributed by atoms with van der Waals surface area (Å²) in [6.07, 6.45) is 5.18. The fraction of sp³-hybridized carbons (Fsp3) is 0.786. The van der Waals surface area contributed by atoms with Crippen LogP contribution in [0.2, 0.25) is 0 Å². The van der Waals surface area contributed by atoms with Crippen LogP contribution in [0.1, 0.15) is 45.9 Å². The normalized spacial score (nSPS) is 24.8. The largest absolute Gasteiger partial charge is 0.299 e. The minimum Gasteiger partial charge on any atom is -0.299 e. The molecule has 1 saturated carbocycles. The smallest absolute Gasteiger partial charge is 0.138 e. The van der Waals surface area contributed by atoms with E-state index in [1.807, 2.05) is 4.68 Å². The Morgan fingerprint density at radius 3 is 2.94 bits per heavy atom. The molecule has 1 fully saturated rings. The topological polar surface area (TPSA) is 47.8 Å². The van der Waals surface area contributed by atoms with Crippen molar-refractivity contribution in [3.63, 3.8) is 0 Å². The Morgan fingerprint density at radius 2 is 2.28 bits per heavy atom. The highest BCUT2D eigenvalue weighted by Crippen LogP contribution is 2.33. The molecule has 1 heterocycles. The van der Waals surface area contributed by atoms with Crippen molar-refractivity contribution in [3.05, 3.63) is 12.2 Å². The van der Waals surface area contributed by atoms with Gasteiger partial charge in [-0.2, -0.15) is 5.10 Å². The summed E-state index contributed by atoms with van der Waals surface area (Å²) in [6.45, 7) is 7.39. The van der Waals surface area contributed by atoms with Gasteiger partial charge in [-0.15, -0.1) is 0 Å². The fourth-order valence-electron chi connectivity index (χ4n) is 2.88. The van der Waals surface area contributed by atoms with Crippen molar-refractivity contribution >= 4 is 5.78 Å². The average Bonchev–Trinajstić information content (AvgIpc) is 2.79. The van der Waals surface area contributed by atoms with E-state index >= 15 is 0 Å². The van der Waals surface area contributed by atoms with Crippen LogP contribution in [0.5, 0.6) is 0 Å². The number of aromatic nitrogens is 3. The van der Waals surface area contributed by atoms with Crippen LogP contribution in [0.15, 0.2) is 6.33 Å². The molecule has 1 aromatic heterocycles. The molecule has 1 aliphatic carbocycles. The van der Waals surface area contributed by atoms with E-state index in [9.17, 15) is 4.79 Å². The highest BCUT2D eigenvalue weighted by Gasteiger charge is 2.31. The Labute approximate surface area is 109 Å². The highest BCUT2D eigenvalue weighted by molar-refractivity contribution is 5.81. The molecule has 0 aromatic carbocycles. The zero-order valence-electron chi connectivity index (χ0n) is 11.6. The molecule has 100 valence electrons. The summed E-state index contributed by atoms with van der Waals surface area (Å²) < 4.78 is 1.90. The minimum atomic E-state index is 0.153. The molecule has 0 N–H and O–H groups in total. The quantitative estimate of drug-likeness (QED) is 0.823. The molecule has 0 bridgehead atoms. The van der Waals surface area contributed by atoms with Gasteiger partial charge in [-0.25, -0.2) is 4.98 Å². The van der Waals surface area contributed by atoms with Gasteiger partial charge in [0.15, 0.2) is 0 Å². The number of ketones is 1. The summed E-state index contributed by atoms with van der Waals surface area (Å²) >= 11 is 0. The standard InChI is InChI=1S/C14H23N3O/c1-4-17-14(15-9-16-17)8-12-7-11(10(2)3)5-6-13(12)18/h9-12H,4-8H2,1-3H3. The molecule has 4 heteroatoms. The number of aryl methyl sites for hydroxylation is 1. The van der Waals surface area contributed by atoms with Gasteiger partial charge in [0.2, 0.25) is 0 Å². The summed E-state index contributed by atoms with van der Waals surface area (Å²) in [5.74, 6) is 2.88. The SMILES string of the molecule is CCn1ncnc1CC1CC(C(C)C)CCC1=O. The second-order valence-electron chi connectivity index (χ2n) is 5.64. The van der Waals surface area contributed by atoms with E-state index < -0.39 is 0 Å². The molecule has 1 aromatic rings. The van der Waals surface area contributed by atoms with Gasteiger partial charge >= 0.3 is 0 Å². The van der Waals surface area contributed by atoms with Crippen LogP contribution in [-0.2, 0) is 17.8 Å². The van der Waals surface area contributed by atoms with Gasteiger partial charge in [0.25, 0.3) is 0 Å². The highest BCUT2D eigenvalue weighted by atomic mass is 16.1. The summed E-state index contributed by atoms with van der Waals surface area (Å²) in [5.41, 5.74) is 0. The number of Topliss-reactive ketones (excluding diaryl/α,β-unsaturated/α-hetero) is 1. The Bertz CT molecular complexity index is 411. The number of nitrogens with zero attached hydrogens (tertiary/aromatic N) is 3. The lowest BCUT2D eigenvalue weighted by molar-refractivity contribution is -0.126. The van der Waals surface area contributed by atoms with E-state index in [4.69, 9.17) is 0 Å². The van der Waals surface area contributed by atoms with Crippen molar-refractivity contribution in [1.82, 2.24) is 14.8 Å². The van der Waals surface area contributed by atoms with E-state index in [0.29, 0.717) is 17.6 Å². The first-order valence-electron chi connectivity index (χ1n) is 7.01. The lowest BCUT2D eigenvalue weighted by atomic mass is 9.74. The van der Waals surface area contributed by atoms with Crippen molar-refractivity contribution in [1.29, 1.82) is 0 Å². The second-order valence-corrected chi connectivity index (χ2v) is 5.64. The first kappa shape index (κ1) is 13.2. The zero-order chi connectivity index (χ0) is 13.1. The van der Waals surface area contributed by atoms with Crippen LogP contribution in [-0.4, -0.2) is 20.5 Å².